The van der Waals surface area contributed by atoms with Gasteiger partial charge in [-0.25, -0.2) is 0 Å². The van der Waals surface area contributed by atoms with Crippen LogP contribution in [0.5, 0.6) is 0 Å². The number of ketones is 2. The first-order valence-electron chi connectivity index (χ1n) is 8.74. The molecule has 0 aromatic heterocycles. The molecular weight excluding hydrogens is 288 g/mol. The average molecular weight is 312 g/mol. The molecule has 6 unspecified atom stereocenters. The number of carbonyl (C=O) groups excluding carboxylic acids is 2. The molecule has 4 rings (SSSR count). The smallest absolute Gasteiger partial charge is 0.154 e. The van der Waals surface area contributed by atoms with Crippen LogP contribution in [0, 0.1) is 38.5 Å². The number of aryl methyl sites for hydroxylation is 3. The van der Waals surface area contributed by atoms with Crippen LogP contribution in [-0.4, -0.2) is 23.8 Å². The summed E-state index contributed by atoms with van der Waals surface area (Å²) < 4.78 is 6.01. The van der Waals surface area contributed by atoms with E-state index in [9.17, 15) is 9.59 Å². The summed E-state index contributed by atoms with van der Waals surface area (Å²) >= 11 is 0. The molecule has 0 amide bonds. The van der Waals surface area contributed by atoms with Gasteiger partial charge in [0.15, 0.2) is 11.6 Å². The van der Waals surface area contributed by atoms with Gasteiger partial charge in [-0.2, -0.15) is 0 Å². The van der Waals surface area contributed by atoms with Gasteiger partial charge in [0.05, 0.1) is 24.0 Å². The fraction of sp³-hybridized carbons (Fsp3) is 0.600. The predicted octanol–water partition coefficient (Wildman–Crippen LogP) is 3.28. The van der Waals surface area contributed by atoms with Crippen molar-refractivity contribution in [1.82, 2.24) is 0 Å². The zero-order valence-corrected chi connectivity index (χ0v) is 14.3. The number of Topliss-reactive ketones (excluding diaryl/α,β-unsaturated/α-hetero) is 2. The van der Waals surface area contributed by atoms with Crippen molar-refractivity contribution in [2.75, 3.05) is 0 Å². The van der Waals surface area contributed by atoms with E-state index >= 15 is 0 Å². The van der Waals surface area contributed by atoms with Crippen molar-refractivity contribution in [2.24, 2.45) is 17.8 Å². The minimum atomic E-state index is -0.560. The zero-order chi connectivity index (χ0) is 16.5. The molecule has 1 aliphatic carbocycles. The van der Waals surface area contributed by atoms with Gasteiger partial charge in [0, 0.05) is 0 Å². The van der Waals surface area contributed by atoms with E-state index in [1.165, 1.54) is 5.56 Å². The quantitative estimate of drug-likeness (QED) is 0.787. The van der Waals surface area contributed by atoms with E-state index in [0.717, 1.165) is 29.5 Å². The van der Waals surface area contributed by atoms with Crippen molar-refractivity contribution < 1.29 is 14.3 Å². The van der Waals surface area contributed by atoms with Crippen LogP contribution in [0.25, 0.3) is 0 Å². The molecule has 2 saturated heterocycles. The molecule has 1 saturated carbocycles. The second kappa shape index (κ2) is 5.01. The normalized spacial score (nSPS) is 38.4. The molecule has 2 aliphatic heterocycles. The number of benzene rings is 1. The highest BCUT2D eigenvalue weighted by Gasteiger charge is 2.65. The molecule has 3 nitrogen and oxygen atoms in total. The van der Waals surface area contributed by atoms with Crippen LogP contribution in [0.2, 0.25) is 0 Å². The number of fused-ring (bicyclic) bond motifs is 5. The summed E-state index contributed by atoms with van der Waals surface area (Å²) in [5.74, 6) is -0.290. The molecule has 2 bridgehead atoms. The van der Waals surface area contributed by atoms with Crippen molar-refractivity contribution >= 4 is 11.6 Å². The lowest BCUT2D eigenvalue weighted by Crippen LogP contribution is -2.34. The van der Waals surface area contributed by atoms with Gasteiger partial charge in [0.25, 0.3) is 0 Å². The fourth-order valence-corrected chi connectivity index (χ4v) is 5.40. The number of rotatable bonds is 2. The summed E-state index contributed by atoms with van der Waals surface area (Å²) in [5.41, 5.74) is 4.26. The van der Waals surface area contributed by atoms with E-state index < -0.39 is 5.92 Å². The van der Waals surface area contributed by atoms with Gasteiger partial charge in [-0.05, 0) is 49.8 Å². The molecule has 0 N–H and O–H groups in total. The second-order valence-electron chi connectivity index (χ2n) is 7.64. The zero-order valence-electron chi connectivity index (χ0n) is 14.3. The van der Waals surface area contributed by atoms with Crippen LogP contribution in [-0.2, 0) is 14.3 Å². The third-order valence-corrected chi connectivity index (χ3v) is 6.25. The predicted molar refractivity (Wildman–Crippen MR) is 87.4 cm³/mol. The second-order valence-corrected chi connectivity index (χ2v) is 7.64. The Labute approximate surface area is 137 Å². The van der Waals surface area contributed by atoms with Crippen LogP contribution in [0.3, 0.4) is 0 Å². The molecular formula is C20H24O3. The molecule has 0 spiro atoms. The van der Waals surface area contributed by atoms with E-state index in [0.29, 0.717) is 5.92 Å². The van der Waals surface area contributed by atoms with Gasteiger partial charge >= 0.3 is 0 Å². The van der Waals surface area contributed by atoms with Crippen LogP contribution < -0.4 is 0 Å². The summed E-state index contributed by atoms with van der Waals surface area (Å²) in [5, 5.41) is 0. The van der Waals surface area contributed by atoms with Gasteiger partial charge < -0.3 is 4.74 Å². The third kappa shape index (κ3) is 1.92. The third-order valence-electron chi connectivity index (χ3n) is 6.25. The maximum atomic E-state index is 13.1. The Hall–Kier alpha value is -1.48. The highest BCUT2D eigenvalue weighted by Crippen LogP contribution is 2.55. The van der Waals surface area contributed by atoms with Crippen LogP contribution in [0.4, 0.5) is 0 Å². The molecule has 122 valence electrons. The minimum absolute atomic E-state index is 0.0255. The Balaban J connectivity index is 1.76. The Morgan fingerprint density at radius 3 is 2.26 bits per heavy atom. The van der Waals surface area contributed by atoms with Crippen molar-refractivity contribution in [3.05, 3.63) is 34.4 Å². The molecule has 3 aliphatic rings. The first-order chi connectivity index (χ1) is 10.9. The summed E-state index contributed by atoms with van der Waals surface area (Å²) in [4.78, 5) is 26.2. The Kier molecular flexibility index (Phi) is 3.28. The molecule has 2 heterocycles. The van der Waals surface area contributed by atoms with Gasteiger partial charge in [-0.15, -0.1) is 0 Å². The molecule has 1 aromatic rings. The van der Waals surface area contributed by atoms with Crippen molar-refractivity contribution in [1.29, 1.82) is 0 Å². The fourth-order valence-electron chi connectivity index (χ4n) is 5.40. The highest BCUT2D eigenvalue weighted by molar-refractivity contribution is 6.17. The van der Waals surface area contributed by atoms with E-state index in [-0.39, 0.29) is 35.6 Å². The highest BCUT2D eigenvalue weighted by atomic mass is 16.5. The lowest BCUT2D eigenvalue weighted by atomic mass is 9.74. The Bertz CT molecular complexity index is 682. The largest absolute Gasteiger partial charge is 0.373 e. The molecule has 1 aromatic carbocycles. The SMILES string of the molecule is CCC1CC2OC1C1C(=O)C(c3c(C)cc(C)cc3C)C(=O)C21. The Morgan fingerprint density at radius 1 is 1.04 bits per heavy atom. The first kappa shape index (κ1) is 15.1. The van der Waals surface area contributed by atoms with Crippen molar-refractivity contribution in [3.8, 4) is 0 Å². The van der Waals surface area contributed by atoms with Gasteiger partial charge in [-0.1, -0.05) is 31.0 Å². The standard InChI is InChI=1S/C20H24O3/c1-5-12-8-13-15-17(20(12)23-13)19(22)16(18(15)21)14-10(3)6-9(2)7-11(14)4/h6-7,12-13,15-17,20H,5,8H2,1-4H3. The maximum absolute atomic E-state index is 13.1. The van der Waals surface area contributed by atoms with Gasteiger partial charge in [0.2, 0.25) is 0 Å². The van der Waals surface area contributed by atoms with Crippen LogP contribution in [0.1, 0.15) is 47.9 Å². The van der Waals surface area contributed by atoms with Crippen LogP contribution >= 0.6 is 0 Å². The van der Waals surface area contributed by atoms with Crippen molar-refractivity contribution in [2.45, 2.75) is 58.7 Å². The lowest BCUT2D eigenvalue weighted by Gasteiger charge is -2.24. The maximum Gasteiger partial charge on any atom is 0.154 e. The summed E-state index contributed by atoms with van der Waals surface area (Å²) in [7, 11) is 0. The molecule has 0 radical (unpaired) electrons. The van der Waals surface area contributed by atoms with Gasteiger partial charge in [0.1, 0.15) is 5.92 Å². The van der Waals surface area contributed by atoms with Crippen molar-refractivity contribution in [3.63, 3.8) is 0 Å². The van der Waals surface area contributed by atoms with E-state index in [1.54, 1.807) is 0 Å². The first-order valence-corrected chi connectivity index (χ1v) is 8.74. The molecule has 3 heteroatoms. The van der Waals surface area contributed by atoms with Crippen LogP contribution in [0.15, 0.2) is 12.1 Å². The Morgan fingerprint density at radius 2 is 1.65 bits per heavy atom. The van der Waals surface area contributed by atoms with E-state index in [2.05, 4.69) is 26.0 Å². The number of carbonyl (C=O) groups is 2. The number of hydrogen-bond acceptors (Lipinski definition) is 3. The number of hydrogen-bond donors (Lipinski definition) is 0. The molecule has 23 heavy (non-hydrogen) atoms. The summed E-state index contributed by atoms with van der Waals surface area (Å²) in [6, 6.07) is 4.16. The lowest BCUT2D eigenvalue weighted by molar-refractivity contribution is -0.127. The molecule has 3 fully saturated rings. The topological polar surface area (TPSA) is 43.4 Å². The van der Waals surface area contributed by atoms with Gasteiger partial charge in [-0.3, -0.25) is 9.59 Å². The summed E-state index contributed by atoms with van der Waals surface area (Å²) in [6.07, 6.45) is 1.92. The number of ether oxygens (including phenoxy) is 1. The average Bonchev–Trinajstić information content (AvgIpc) is 3.12. The molecule has 6 atom stereocenters. The minimum Gasteiger partial charge on any atom is -0.373 e. The van der Waals surface area contributed by atoms with E-state index in [4.69, 9.17) is 4.74 Å². The van der Waals surface area contributed by atoms with E-state index in [1.807, 2.05) is 13.8 Å². The summed E-state index contributed by atoms with van der Waals surface area (Å²) in [6.45, 7) is 8.24. The monoisotopic (exact) mass is 312 g/mol.